The fraction of sp³-hybridized carbons (Fsp3) is 0.538. The van der Waals surface area contributed by atoms with Crippen molar-refractivity contribution in [3.63, 3.8) is 0 Å². The number of halogens is 1. The lowest BCUT2D eigenvalue weighted by molar-refractivity contribution is 0.555. The molecule has 0 N–H and O–H groups in total. The lowest BCUT2D eigenvalue weighted by Crippen LogP contribution is -2.26. The van der Waals surface area contributed by atoms with Crippen molar-refractivity contribution in [2.75, 3.05) is 12.3 Å². The van der Waals surface area contributed by atoms with Crippen LogP contribution in [0.25, 0.3) is 0 Å². The molecule has 1 fully saturated rings. The number of benzene rings is 1. The first-order chi connectivity index (χ1) is 8.69. The average Bonchev–Trinajstić information content (AvgIpc) is 3.07. The largest absolute Gasteiger partial charge is 0.214 e. The number of sulfonamides is 1. The molecule has 0 spiro atoms. The van der Waals surface area contributed by atoms with Gasteiger partial charge in [0.1, 0.15) is 0 Å². The lowest BCUT2D eigenvalue weighted by atomic mass is 10.2. The van der Waals surface area contributed by atoms with Crippen molar-refractivity contribution in [1.29, 1.82) is 0 Å². The van der Waals surface area contributed by atoms with Gasteiger partial charge in [-0.2, -0.15) is 4.31 Å². The van der Waals surface area contributed by atoms with Crippen molar-refractivity contribution in [3.8, 4) is 0 Å². The Hall–Kier alpha value is -0.173. The predicted molar refractivity (Wildman–Crippen MR) is 85.5 cm³/mol. The second-order valence-electron chi connectivity index (χ2n) is 6.26. The van der Waals surface area contributed by atoms with Crippen LogP contribution >= 0.6 is 15.9 Å². The fourth-order valence-electron chi connectivity index (χ4n) is 1.94. The number of nitrogens with zero attached hydrogens (tertiary/aromatic N) is 1. The Morgan fingerprint density at radius 1 is 1.26 bits per heavy atom. The van der Waals surface area contributed by atoms with Gasteiger partial charge in [0, 0.05) is 19.1 Å². The molecule has 3 nitrogen and oxygen atoms in total. The van der Waals surface area contributed by atoms with Gasteiger partial charge in [-0.05, 0) is 23.7 Å². The topological polar surface area (TPSA) is 37.1 Å². The summed E-state index contributed by atoms with van der Waals surface area (Å²) in [6, 6.07) is 8.78. The Labute approximate surface area is 125 Å². The monoisotopic (exact) mass is 361 g/mol. The van der Waals surface area contributed by atoms with Crippen LogP contribution in [0.2, 0.25) is 25.7 Å². The van der Waals surface area contributed by atoms with Crippen LogP contribution in [0.5, 0.6) is 0 Å². The lowest BCUT2D eigenvalue weighted by Gasteiger charge is -2.15. The zero-order valence-corrected chi connectivity index (χ0v) is 15.0. The second-order valence-corrected chi connectivity index (χ2v) is 14.8. The van der Waals surface area contributed by atoms with E-state index in [2.05, 4.69) is 35.6 Å². The molecule has 0 radical (unpaired) electrons. The third-order valence-electron chi connectivity index (χ3n) is 3.29. The molecule has 1 aromatic rings. The van der Waals surface area contributed by atoms with Gasteiger partial charge in [0.15, 0.2) is 0 Å². The zero-order valence-electron chi connectivity index (χ0n) is 11.6. The molecule has 1 aliphatic heterocycles. The molecular formula is C13H20BrNO2SSi. The maximum atomic E-state index is 12.2. The first kappa shape index (κ1) is 15.2. The van der Waals surface area contributed by atoms with Gasteiger partial charge in [-0.15, -0.1) is 0 Å². The van der Waals surface area contributed by atoms with Crippen LogP contribution in [0.3, 0.4) is 0 Å². The van der Waals surface area contributed by atoms with Crippen LogP contribution in [0.15, 0.2) is 28.7 Å². The second kappa shape index (κ2) is 5.31. The zero-order chi connectivity index (χ0) is 14.3. The third kappa shape index (κ3) is 4.14. The highest BCUT2D eigenvalue weighted by molar-refractivity contribution is 9.10. The van der Waals surface area contributed by atoms with Crippen molar-refractivity contribution >= 4 is 34.0 Å². The molecule has 0 bridgehead atoms. The van der Waals surface area contributed by atoms with Crippen molar-refractivity contribution in [2.45, 2.75) is 31.7 Å². The summed E-state index contributed by atoms with van der Waals surface area (Å²) in [5, 5.41) is 0. The van der Waals surface area contributed by atoms with E-state index in [-0.39, 0.29) is 6.04 Å². The Morgan fingerprint density at radius 2 is 1.84 bits per heavy atom. The molecule has 1 saturated heterocycles. The van der Waals surface area contributed by atoms with E-state index >= 15 is 0 Å². The molecule has 106 valence electrons. The Morgan fingerprint density at radius 3 is 2.37 bits per heavy atom. The minimum absolute atomic E-state index is 0.0553. The summed E-state index contributed by atoms with van der Waals surface area (Å²) in [7, 11) is -4.38. The van der Waals surface area contributed by atoms with Gasteiger partial charge in [-0.3, -0.25) is 0 Å². The van der Waals surface area contributed by atoms with Gasteiger partial charge >= 0.3 is 0 Å². The first-order valence-electron chi connectivity index (χ1n) is 6.44. The molecule has 19 heavy (non-hydrogen) atoms. The molecule has 2 unspecified atom stereocenters. The van der Waals surface area contributed by atoms with Gasteiger partial charge in [-0.1, -0.05) is 47.7 Å². The van der Waals surface area contributed by atoms with Gasteiger partial charge in [0.25, 0.3) is 0 Å². The smallest absolute Gasteiger partial charge is 0.212 e. The molecule has 0 saturated carbocycles. The van der Waals surface area contributed by atoms with E-state index in [1.807, 2.05) is 24.3 Å². The van der Waals surface area contributed by atoms with Crippen molar-refractivity contribution in [3.05, 3.63) is 34.3 Å². The van der Waals surface area contributed by atoms with E-state index in [0.717, 1.165) is 16.1 Å². The summed E-state index contributed by atoms with van der Waals surface area (Å²) in [6.45, 7) is 7.25. The van der Waals surface area contributed by atoms with E-state index in [9.17, 15) is 8.42 Å². The highest BCUT2D eigenvalue weighted by Crippen LogP contribution is 2.38. The third-order valence-corrected chi connectivity index (χ3v) is 7.77. The maximum Gasteiger partial charge on any atom is 0.214 e. The molecule has 0 aliphatic carbocycles. The summed E-state index contributed by atoms with van der Waals surface area (Å²) in [5.41, 5.74) is 1.08. The van der Waals surface area contributed by atoms with Crippen LogP contribution in [0, 0.1) is 0 Å². The van der Waals surface area contributed by atoms with E-state index in [0.29, 0.717) is 12.3 Å². The molecule has 0 amide bonds. The summed E-state index contributed by atoms with van der Waals surface area (Å²) in [4.78, 5) is 0. The first-order valence-corrected chi connectivity index (χ1v) is 12.5. The molecule has 1 aromatic carbocycles. The van der Waals surface area contributed by atoms with E-state index in [4.69, 9.17) is 0 Å². The highest BCUT2D eigenvalue weighted by Gasteiger charge is 2.44. The van der Waals surface area contributed by atoms with Crippen molar-refractivity contribution in [1.82, 2.24) is 4.31 Å². The Balaban J connectivity index is 2.00. The fourth-order valence-corrected chi connectivity index (χ4v) is 6.80. The molecule has 0 aromatic heterocycles. The Bertz CT molecular complexity index is 551. The van der Waals surface area contributed by atoms with Gasteiger partial charge < -0.3 is 0 Å². The highest BCUT2D eigenvalue weighted by atomic mass is 79.9. The minimum atomic E-state index is -3.07. The molecule has 2 rings (SSSR count). The predicted octanol–water partition coefficient (Wildman–Crippen LogP) is 3.47. The normalized spacial score (nSPS) is 23.4. The Kier molecular flexibility index (Phi) is 4.25. The minimum Gasteiger partial charge on any atom is -0.212 e. The van der Waals surface area contributed by atoms with Crippen molar-refractivity contribution < 1.29 is 8.42 Å². The van der Waals surface area contributed by atoms with Crippen LogP contribution in [-0.2, 0) is 10.0 Å². The summed E-state index contributed by atoms with van der Waals surface area (Å²) < 4.78 is 27.1. The number of rotatable bonds is 5. The molecular weight excluding hydrogens is 342 g/mol. The van der Waals surface area contributed by atoms with Crippen LogP contribution < -0.4 is 0 Å². The standard InChI is InChI=1S/C13H20BrNO2SSi/c1-19(2,3)9-8-18(16,17)15-10-13(15)11-4-6-12(14)7-5-11/h4-7,13H,8-10H2,1-3H3. The van der Waals surface area contributed by atoms with E-state index < -0.39 is 18.1 Å². The average molecular weight is 362 g/mol. The molecule has 1 aliphatic rings. The summed E-state index contributed by atoms with van der Waals surface area (Å²) in [6.07, 6.45) is 0. The van der Waals surface area contributed by atoms with Crippen LogP contribution in [-0.4, -0.2) is 33.1 Å². The SMILES string of the molecule is C[Si](C)(C)CCS(=O)(=O)N1CC1c1ccc(Br)cc1. The quantitative estimate of drug-likeness (QED) is 0.594. The van der Waals surface area contributed by atoms with Gasteiger partial charge in [-0.25, -0.2) is 8.42 Å². The van der Waals surface area contributed by atoms with Crippen LogP contribution in [0.4, 0.5) is 0 Å². The summed E-state index contributed by atoms with van der Waals surface area (Å²) in [5.74, 6) is 0.301. The number of hydrogen-bond acceptors (Lipinski definition) is 2. The van der Waals surface area contributed by atoms with E-state index in [1.54, 1.807) is 4.31 Å². The molecule has 1 heterocycles. The van der Waals surface area contributed by atoms with Crippen molar-refractivity contribution in [2.24, 2.45) is 0 Å². The summed E-state index contributed by atoms with van der Waals surface area (Å²) >= 11 is 3.39. The van der Waals surface area contributed by atoms with Gasteiger partial charge in [0.2, 0.25) is 10.0 Å². The maximum absolute atomic E-state index is 12.2. The number of hydrogen-bond donors (Lipinski definition) is 0. The molecule has 2 atom stereocenters. The molecule has 6 heteroatoms. The van der Waals surface area contributed by atoms with Gasteiger partial charge in [0.05, 0.1) is 11.8 Å². The van der Waals surface area contributed by atoms with E-state index in [1.165, 1.54) is 0 Å². The van der Waals surface area contributed by atoms with Crippen LogP contribution in [0.1, 0.15) is 11.6 Å².